The number of aliphatic hydroxyl groups excluding tert-OH is 1. The third-order valence-corrected chi connectivity index (χ3v) is 11.0. The van der Waals surface area contributed by atoms with Gasteiger partial charge >= 0.3 is 0 Å². The van der Waals surface area contributed by atoms with Crippen LogP contribution in [0, 0.1) is 10.8 Å². The highest BCUT2D eigenvalue weighted by molar-refractivity contribution is 7.11. The quantitative estimate of drug-likeness (QED) is 0.156. The highest BCUT2D eigenvalue weighted by Gasteiger charge is 2.36. The number of carbonyl (C=O) groups excluding carboxylic acids is 1. The van der Waals surface area contributed by atoms with E-state index >= 15 is 0 Å². The number of pyridine rings is 2. The van der Waals surface area contributed by atoms with Crippen LogP contribution < -0.4 is 16.2 Å². The van der Waals surface area contributed by atoms with Gasteiger partial charge in [0.15, 0.2) is 0 Å². The summed E-state index contributed by atoms with van der Waals surface area (Å²) in [6, 6.07) is 16.6. The molecule has 9 heteroatoms. The summed E-state index contributed by atoms with van der Waals surface area (Å²) in [5, 5.41) is 19.8. The van der Waals surface area contributed by atoms with Crippen LogP contribution in [0.1, 0.15) is 110 Å². The van der Waals surface area contributed by atoms with E-state index in [1.165, 1.54) is 15.6 Å². The van der Waals surface area contributed by atoms with Gasteiger partial charge in [0, 0.05) is 42.3 Å². The molecule has 3 atom stereocenters. The minimum absolute atomic E-state index is 0.0536. The molecule has 0 bridgehead atoms. The zero-order valence-corrected chi connectivity index (χ0v) is 30.4. The summed E-state index contributed by atoms with van der Waals surface area (Å²) < 4.78 is 1.74. The van der Waals surface area contributed by atoms with Gasteiger partial charge in [-0.3, -0.25) is 14.6 Å². The molecule has 2 aliphatic carbocycles. The molecule has 0 saturated heterocycles. The van der Waals surface area contributed by atoms with Crippen molar-refractivity contribution in [3.8, 4) is 11.3 Å². The van der Waals surface area contributed by atoms with Gasteiger partial charge in [0.25, 0.3) is 11.5 Å². The molecule has 8 nitrogen and oxygen atoms in total. The maximum Gasteiger partial charge on any atom is 0.260 e. The average Bonchev–Trinajstić information content (AvgIpc) is 3.73. The number of nitrogens with one attached hydrogen (secondary N) is 2. The molecule has 1 amide bonds. The third kappa shape index (κ3) is 8.74. The molecule has 3 aromatic heterocycles. The average molecular weight is 682 g/mol. The van der Waals surface area contributed by atoms with Crippen LogP contribution in [-0.2, 0) is 19.3 Å². The molecule has 3 heterocycles. The van der Waals surface area contributed by atoms with Gasteiger partial charge in [-0.15, -0.1) is 11.3 Å². The van der Waals surface area contributed by atoms with Gasteiger partial charge in [0.2, 0.25) is 0 Å². The first-order valence-corrected chi connectivity index (χ1v) is 18.6. The van der Waals surface area contributed by atoms with Crippen molar-refractivity contribution in [3.05, 3.63) is 104 Å². The van der Waals surface area contributed by atoms with Gasteiger partial charge in [0.1, 0.15) is 0 Å². The summed E-state index contributed by atoms with van der Waals surface area (Å²) in [6.07, 6.45) is 9.71. The van der Waals surface area contributed by atoms with Crippen LogP contribution in [-0.4, -0.2) is 44.2 Å². The zero-order valence-electron chi connectivity index (χ0n) is 29.5. The van der Waals surface area contributed by atoms with Gasteiger partial charge in [-0.2, -0.15) is 0 Å². The second-order valence-electron chi connectivity index (χ2n) is 16.0. The van der Waals surface area contributed by atoms with E-state index in [0.29, 0.717) is 29.8 Å². The Labute approximate surface area is 294 Å². The molecule has 1 aromatic carbocycles. The van der Waals surface area contributed by atoms with Crippen LogP contribution in [0.4, 0.5) is 0 Å². The molecule has 260 valence electrons. The SMILES string of the molecule is CC(C)(C)Cc1nc2c(s1)[C@@H](NC[C@@H](O)[C@H](Cc1ccccc1)NC(=O)c1cc(-c3ccccn3)c(=O)n(C3CCCC3)c1)CC(C)(C)C2. The van der Waals surface area contributed by atoms with E-state index < -0.39 is 12.1 Å². The Bertz CT molecular complexity index is 1790. The van der Waals surface area contributed by atoms with Gasteiger partial charge in [-0.1, -0.05) is 83.9 Å². The number of thiazole rings is 1. The lowest BCUT2D eigenvalue weighted by atomic mass is 9.76. The van der Waals surface area contributed by atoms with Crippen molar-refractivity contribution in [3.63, 3.8) is 0 Å². The maximum absolute atomic E-state index is 14.1. The first kappa shape index (κ1) is 35.2. The molecule has 0 aliphatic heterocycles. The number of aliphatic hydroxyl groups is 1. The lowest BCUT2D eigenvalue weighted by molar-refractivity contribution is 0.0817. The van der Waals surface area contributed by atoms with Crippen molar-refractivity contribution in [2.45, 2.75) is 110 Å². The monoisotopic (exact) mass is 681 g/mol. The fraction of sp³-hybridized carbons (Fsp3) is 0.500. The van der Waals surface area contributed by atoms with E-state index in [0.717, 1.165) is 50.5 Å². The number of hydrogen-bond acceptors (Lipinski definition) is 7. The minimum Gasteiger partial charge on any atom is -0.390 e. The zero-order chi connectivity index (χ0) is 34.8. The van der Waals surface area contributed by atoms with E-state index in [1.54, 1.807) is 40.4 Å². The fourth-order valence-corrected chi connectivity index (χ4v) is 8.83. The van der Waals surface area contributed by atoms with Crippen molar-refractivity contribution in [1.29, 1.82) is 0 Å². The van der Waals surface area contributed by atoms with Crippen molar-refractivity contribution in [2.75, 3.05) is 6.54 Å². The molecule has 4 aromatic rings. The van der Waals surface area contributed by atoms with Crippen LogP contribution in [0.25, 0.3) is 11.3 Å². The van der Waals surface area contributed by atoms with Crippen molar-refractivity contribution in [1.82, 2.24) is 25.2 Å². The van der Waals surface area contributed by atoms with E-state index in [-0.39, 0.29) is 34.4 Å². The normalized spacial score (nSPS) is 18.9. The van der Waals surface area contributed by atoms with E-state index in [1.807, 2.05) is 42.5 Å². The standard InChI is InChI=1S/C40H51N5O3S/c1-39(2,3)23-35-43-33-22-40(4,5)21-32(36(33)49-35)42-24-34(46)31(19-26-13-7-6-8-14-26)44-37(47)27-20-29(30-17-11-12-18-41-30)38(48)45(25-27)28-15-9-10-16-28/h6-8,11-14,17-18,20,25,28,31-32,34,42,46H,9-10,15-16,19,21-24H2,1-5H3,(H,44,47)/t31-,32-,34+/m0/s1. The molecule has 0 radical (unpaired) electrons. The highest BCUT2D eigenvalue weighted by atomic mass is 32.1. The molecule has 49 heavy (non-hydrogen) atoms. The number of fused-ring (bicyclic) bond motifs is 1. The Hall–Kier alpha value is -3.66. The maximum atomic E-state index is 14.1. The molecule has 3 N–H and O–H groups in total. The van der Waals surface area contributed by atoms with Crippen LogP contribution >= 0.6 is 11.3 Å². The summed E-state index contributed by atoms with van der Waals surface area (Å²) in [5.41, 5.74) is 3.64. The smallest absolute Gasteiger partial charge is 0.260 e. The molecular formula is C40H51N5O3S. The summed E-state index contributed by atoms with van der Waals surface area (Å²) in [7, 11) is 0. The number of nitrogens with zero attached hydrogens (tertiary/aromatic N) is 3. The van der Waals surface area contributed by atoms with E-state index in [4.69, 9.17) is 4.98 Å². The van der Waals surface area contributed by atoms with Crippen molar-refractivity contribution in [2.24, 2.45) is 10.8 Å². The number of aromatic nitrogens is 3. The van der Waals surface area contributed by atoms with Gasteiger partial charge < -0.3 is 20.3 Å². The lowest BCUT2D eigenvalue weighted by Crippen LogP contribution is -2.49. The molecule has 2 aliphatic rings. The predicted octanol–water partition coefficient (Wildman–Crippen LogP) is 7.08. The first-order chi connectivity index (χ1) is 23.3. The largest absolute Gasteiger partial charge is 0.390 e. The Morgan fingerprint density at radius 3 is 2.53 bits per heavy atom. The van der Waals surface area contributed by atoms with Crippen molar-refractivity contribution < 1.29 is 9.90 Å². The van der Waals surface area contributed by atoms with Crippen LogP contribution in [0.3, 0.4) is 0 Å². The van der Waals surface area contributed by atoms with Crippen molar-refractivity contribution >= 4 is 17.2 Å². The van der Waals surface area contributed by atoms with Crippen LogP contribution in [0.2, 0.25) is 0 Å². The Morgan fingerprint density at radius 2 is 1.84 bits per heavy atom. The predicted molar refractivity (Wildman–Crippen MR) is 197 cm³/mol. The van der Waals surface area contributed by atoms with Crippen LogP contribution in [0.5, 0.6) is 0 Å². The van der Waals surface area contributed by atoms with Gasteiger partial charge in [-0.05, 0) is 66.7 Å². The lowest BCUT2D eigenvalue weighted by Gasteiger charge is -2.35. The van der Waals surface area contributed by atoms with E-state index in [9.17, 15) is 14.7 Å². The Kier molecular flexibility index (Phi) is 10.5. The van der Waals surface area contributed by atoms with Gasteiger partial charge in [0.05, 0.1) is 39.7 Å². The second kappa shape index (κ2) is 14.7. The summed E-state index contributed by atoms with van der Waals surface area (Å²) in [5.74, 6) is -0.320. The van der Waals surface area contributed by atoms with Gasteiger partial charge in [-0.25, -0.2) is 4.98 Å². The fourth-order valence-electron chi connectivity index (χ4n) is 7.37. The molecule has 1 fully saturated rings. The Morgan fingerprint density at radius 1 is 1.10 bits per heavy atom. The number of carbonyl (C=O) groups is 1. The van der Waals surface area contributed by atoms with Crippen LogP contribution in [0.15, 0.2) is 71.8 Å². The third-order valence-electron chi connectivity index (χ3n) is 9.79. The second-order valence-corrected chi connectivity index (χ2v) is 17.1. The molecule has 6 rings (SSSR count). The first-order valence-electron chi connectivity index (χ1n) is 17.8. The summed E-state index contributed by atoms with van der Waals surface area (Å²) in [6.45, 7) is 11.6. The Balaban J connectivity index is 1.25. The number of rotatable bonds is 11. The summed E-state index contributed by atoms with van der Waals surface area (Å²) in [4.78, 5) is 38.6. The number of benzene rings is 1. The topological polar surface area (TPSA) is 109 Å². The number of amides is 1. The summed E-state index contributed by atoms with van der Waals surface area (Å²) >= 11 is 1.80. The molecule has 1 saturated carbocycles. The highest BCUT2D eigenvalue weighted by Crippen LogP contribution is 2.44. The molecule has 0 spiro atoms. The van der Waals surface area contributed by atoms with E-state index in [2.05, 4.69) is 50.2 Å². The minimum atomic E-state index is -0.865. The number of hydrogen-bond donors (Lipinski definition) is 3. The molecular weight excluding hydrogens is 631 g/mol. The molecule has 0 unspecified atom stereocenters.